The lowest BCUT2D eigenvalue weighted by atomic mass is 9.99. The van der Waals surface area contributed by atoms with E-state index in [1.54, 1.807) is 29.8 Å². The van der Waals surface area contributed by atoms with Crippen LogP contribution >= 0.6 is 0 Å². The minimum atomic E-state index is -0.459. The Labute approximate surface area is 186 Å². The van der Waals surface area contributed by atoms with Crippen molar-refractivity contribution in [1.29, 1.82) is 0 Å². The second-order valence-corrected chi connectivity index (χ2v) is 9.28. The van der Waals surface area contributed by atoms with Gasteiger partial charge in [0.15, 0.2) is 0 Å². The summed E-state index contributed by atoms with van der Waals surface area (Å²) >= 11 is 0. The minimum absolute atomic E-state index is 0.0617. The van der Waals surface area contributed by atoms with Gasteiger partial charge in [-0.3, -0.25) is 19.2 Å². The predicted molar refractivity (Wildman–Crippen MR) is 121 cm³/mol. The van der Waals surface area contributed by atoms with Crippen molar-refractivity contribution in [3.05, 3.63) is 11.6 Å². The molecule has 3 atom stereocenters. The van der Waals surface area contributed by atoms with Gasteiger partial charge in [0.05, 0.1) is 12.6 Å². The molecule has 4 amide bonds. The fourth-order valence-electron chi connectivity index (χ4n) is 4.11. The number of hydrogen-bond acceptors (Lipinski definition) is 4. The van der Waals surface area contributed by atoms with Crippen LogP contribution in [0.1, 0.15) is 60.8 Å². The molecule has 1 unspecified atom stereocenters. The Morgan fingerprint density at radius 3 is 2.35 bits per heavy atom. The van der Waals surface area contributed by atoms with Crippen LogP contribution in [0.25, 0.3) is 0 Å². The highest BCUT2D eigenvalue weighted by Crippen LogP contribution is 2.22. The van der Waals surface area contributed by atoms with Crippen molar-refractivity contribution in [2.24, 2.45) is 11.8 Å². The zero-order valence-corrected chi connectivity index (χ0v) is 20.1. The van der Waals surface area contributed by atoms with Crippen molar-refractivity contribution >= 4 is 24.1 Å². The Morgan fingerprint density at radius 1 is 1.16 bits per heavy atom. The van der Waals surface area contributed by atoms with Crippen LogP contribution in [0.4, 0.5) is 0 Å². The summed E-state index contributed by atoms with van der Waals surface area (Å²) in [5.41, 5.74) is 0.511. The van der Waals surface area contributed by atoms with E-state index >= 15 is 0 Å². The molecule has 0 aromatic carbocycles. The Balaban J connectivity index is 2.92. The fourth-order valence-corrected chi connectivity index (χ4v) is 4.11. The Hall–Kier alpha value is -2.38. The number of nitrogens with zero attached hydrogens (tertiary/aromatic N) is 2. The average Bonchev–Trinajstić information content (AvgIpc) is 3.17. The molecule has 1 saturated heterocycles. The van der Waals surface area contributed by atoms with Gasteiger partial charge in [0.2, 0.25) is 24.1 Å². The standard InChI is InChI=1S/C23H40N4O4/c1-15(2)11-18(6)25-22(30)19-9-8-10-27(19)23(31)17(5)12-20(16(3)4)26(7)21(29)13-24-14-28/h12,14-16,18-20H,8-11,13H2,1-7H3,(H,24,28)(H,25,30)/b17-12+/t18?,19-,20+/m0/s1. The first-order valence-corrected chi connectivity index (χ1v) is 11.2. The van der Waals surface area contributed by atoms with Gasteiger partial charge in [0, 0.05) is 25.2 Å². The van der Waals surface area contributed by atoms with Crippen molar-refractivity contribution in [3.8, 4) is 0 Å². The van der Waals surface area contributed by atoms with E-state index in [-0.39, 0.29) is 42.3 Å². The van der Waals surface area contributed by atoms with Gasteiger partial charge in [0.1, 0.15) is 6.04 Å². The highest BCUT2D eigenvalue weighted by atomic mass is 16.2. The Bertz CT molecular complexity index is 674. The molecule has 0 bridgehead atoms. The van der Waals surface area contributed by atoms with Crippen LogP contribution in [-0.4, -0.2) is 72.2 Å². The van der Waals surface area contributed by atoms with Gasteiger partial charge < -0.3 is 20.4 Å². The molecule has 0 radical (unpaired) electrons. The molecule has 0 aromatic rings. The molecule has 1 heterocycles. The van der Waals surface area contributed by atoms with Gasteiger partial charge in [-0.25, -0.2) is 0 Å². The molecule has 176 valence electrons. The first-order valence-electron chi connectivity index (χ1n) is 11.2. The van der Waals surface area contributed by atoms with Gasteiger partial charge in [-0.1, -0.05) is 33.8 Å². The summed E-state index contributed by atoms with van der Waals surface area (Å²) in [6.07, 6.45) is 4.62. The molecule has 1 rings (SSSR count). The topological polar surface area (TPSA) is 98.8 Å². The summed E-state index contributed by atoms with van der Waals surface area (Å²) in [4.78, 5) is 51.9. The molecule has 0 aliphatic carbocycles. The maximum atomic E-state index is 13.2. The summed E-state index contributed by atoms with van der Waals surface area (Å²) in [6.45, 7) is 12.3. The van der Waals surface area contributed by atoms with Crippen molar-refractivity contribution < 1.29 is 19.2 Å². The highest BCUT2D eigenvalue weighted by molar-refractivity contribution is 5.97. The third-order valence-corrected chi connectivity index (χ3v) is 5.65. The number of nitrogens with one attached hydrogen (secondary N) is 2. The zero-order valence-electron chi connectivity index (χ0n) is 20.1. The van der Waals surface area contributed by atoms with E-state index in [9.17, 15) is 19.2 Å². The molecule has 1 aliphatic rings. The predicted octanol–water partition coefficient (Wildman–Crippen LogP) is 1.70. The number of likely N-dealkylation sites (tertiary alicyclic amines) is 1. The van der Waals surface area contributed by atoms with Crippen molar-refractivity contribution in [1.82, 2.24) is 20.4 Å². The molecule has 0 aromatic heterocycles. The largest absolute Gasteiger partial charge is 0.352 e. The Kier molecular flexibility index (Phi) is 10.7. The lowest BCUT2D eigenvalue weighted by Crippen LogP contribution is -2.49. The van der Waals surface area contributed by atoms with Crippen molar-refractivity contribution in [2.75, 3.05) is 20.1 Å². The lowest BCUT2D eigenvalue weighted by Gasteiger charge is -2.30. The second-order valence-electron chi connectivity index (χ2n) is 9.28. The van der Waals surface area contributed by atoms with Crippen LogP contribution in [0, 0.1) is 11.8 Å². The van der Waals surface area contributed by atoms with E-state index in [0.717, 1.165) is 12.8 Å². The first-order chi connectivity index (χ1) is 14.5. The van der Waals surface area contributed by atoms with Crippen molar-refractivity contribution in [2.45, 2.75) is 78.9 Å². The Morgan fingerprint density at radius 2 is 1.81 bits per heavy atom. The smallest absolute Gasteiger partial charge is 0.249 e. The maximum absolute atomic E-state index is 13.2. The van der Waals surface area contributed by atoms with Gasteiger partial charge in [-0.15, -0.1) is 0 Å². The fraction of sp³-hybridized carbons (Fsp3) is 0.739. The molecule has 1 fully saturated rings. The van der Waals surface area contributed by atoms with E-state index in [0.29, 0.717) is 30.9 Å². The summed E-state index contributed by atoms with van der Waals surface area (Å²) in [5.74, 6) is 0.0460. The normalized spacial score (nSPS) is 18.7. The van der Waals surface area contributed by atoms with E-state index in [1.807, 2.05) is 20.8 Å². The quantitative estimate of drug-likeness (QED) is 0.380. The van der Waals surface area contributed by atoms with E-state index in [2.05, 4.69) is 24.5 Å². The molecular weight excluding hydrogens is 396 g/mol. The van der Waals surface area contributed by atoms with Crippen LogP contribution in [0.15, 0.2) is 11.6 Å². The van der Waals surface area contributed by atoms with Gasteiger partial charge in [0.25, 0.3) is 0 Å². The van der Waals surface area contributed by atoms with Crippen LogP contribution in [0.5, 0.6) is 0 Å². The molecule has 0 saturated carbocycles. The summed E-state index contributed by atoms with van der Waals surface area (Å²) < 4.78 is 0. The monoisotopic (exact) mass is 436 g/mol. The van der Waals surface area contributed by atoms with E-state index in [4.69, 9.17) is 0 Å². The number of carbonyl (C=O) groups excluding carboxylic acids is 4. The van der Waals surface area contributed by atoms with Gasteiger partial charge in [-0.05, 0) is 44.9 Å². The van der Waals surface area contributed by atoms with Crippen molar-refractivity contribution in [3.63, 3.8) is 0 Å². The number of hydrogen-bond donors (Lipinski definition) is 2. The molecule has 8 nitrogen and oxygen atoms in total. The lowest BCUT2D eigenvalue weighted by molar-refractivity contribution is -0.136. The third-order valence-electron chi connectivity index (χ3n) is 5.65. The maximum Gasteiger partial charge on any atom is 0.249 e. The molecule has 2 N–H and O–H groups in total. The second kappa shape index (κ2) is 12.5. The number of likely N-dealkylation sites (N-methyl/N-ethyl adjacent to an activating group) is 1. The first kappa shape index (κ1) is 26.7. The molecular formula is C23H40N4O4. The van der Waals surface area contributed by atoms with Gasteiger partial charge >= 0.3 is 0 Å². The minimum Gasteiger partial charge on any atom is -0.352 e. The molecule has 0 spiro atoms. The SMILES string of the molecule is C/C(=C\[C@H](C(C)C)N(C)C(=O)CNC=O)C(=O)N1CCC[C@H]1C(=O)NC(C)CC(C)C. The molecule has 31 heavy (non-hydrogen) atoms. The zero-order chi connectivity index (χ0) is 23.7. The average molecular weight is 437 g/mol. The third kappa shape index (κ3) is 7.99. The van der Waals surface area contributed by atoms with Crippen LogP contribution in [-0.2, 0) is 19.2 Å². The highest BCUT2D eigenvalue weighted by Gasteiger charge is 2.35. The summed E-state index contributed by atoms with van der Waals surface area (Å²) in [6, 6.07) is -0.698. The number of carbonyl (C=O) groups is 4. The van der Waals surface area contributed by atoms with E-state index < -0.39 is 6.04 Å². The summed E-state index contributed by atoms with van der Waals surface area (Å²) in [5, 5.41) is 5.42. The summed E-state index contributed by atoms with van der Waals surface area (Å²) in [7, 11) is 1.66. The van der Waals surface area contributed by atoms with Crippen LogP contribution < -0.4 is 10.6 Å². The van der Waals surface area contributed by atoms with Crippen LogP contribution in [0.3, 0.4) is 0 Å². The molecule has 1 aliphatic heterocycles. The van der Waals surface area contributed by atoms with E-state index in [1.165, 1.54) is 0 Å². The molecule has 8 heteroatoms. The number of rotatable bonds is 11. The number of amides is 4. The van der Waals surface area contributed by atoms with Crippen LogP contribution in [0.2, 0.25) is 0 Å². The van der Waals surface area contributed by atoms with Gasteiger partial charge in [-0.2, -0.15) is 0 Å².